The van der Waals surface area contributed by atoms with E-state index in [1.807, 2.05) is 12.1 Å². The van der Waals surface area contributed by atoms with Gasteiger partial charge in [0.15, 0.2) is 0 Å². The van der Waals surface area contributed by atoms with Crippen molar-refractivity contribution in [1.82, 2.24) is 10.3 Å². The van der Waals surface area contributed by atoms with Crippen molar-refractivity contribution in [2.75, 3.05) is 13.1 Å². The zero-order valence-electron chi connectivity index (χ0n) is 9.69. The van der Waals surface area contributed by atoms with E-state index in [0.29, 0.717) is 5.92 Å². The molecule has 1 aliphatic heterocycles. The normalized spacial score (nSPS) is 16.5. The Morgan fingerprint density at radius 3 is 2.72 bits per heavy atom. The van der Waals surface area contributed by atoms with Crippen LogP contribution in [0.3, 0.4) is 0 Å². The van der Waals surface area contributed by atoms with Crippen molar-refractivity contribution in [1.29, 1.82) is 0 Å². The van der Waals surface area contributed by atoms with Crippen LogP contribution >= 0.6 is 46.7 Å². The third-order valence-electron chi connectivity index (χ3n) is 3.04. The van der Waals surface area contributed by atoms with Gasteiger partial charge in [-0.1, -0.05) is 11.6 Å². The summed E-state index contributed by atoms with van der Waals surface area (Å²) in [4.78, 5) is 5.93. The van der Waals surface area contributed by atoms with Crippen molar-refractivity contribution in [2.24, 2.45) is 0 Å². The first kappa shape index (κ1) is 14.3. The van der Waals surface area contributed by atoms with Crippen LogP contribution in [0.2, 0.25) is 4.34 Å². The zero-order valence-corrected chi connectivity index (χ0v) is 12.9. The minimum Gasteiger partial charge on any atom is -0.317 e. The van der Waals surface area contributed by atoms with Gasteiger partial charge in [-0.2, -0.15) is 0 Å². The van der Waals surface area contributed by atoms with Gasteiger partial charge in [-0.3, -0.25) is 0 Å². The van der Waals surface area contributed by atoms with E-state index in [0.717, 1.165) is 23.1 Å². The van der Waals surface area contributed by atoms with Gasteiger partial charge in [0, 0.05) is 11.3 Å². The Morgan fingerprint density at radius 1 is 1.28 bits per heavy atom. The topological polar surface area (TPSA) is 24.9 Å². The average molecular weight is 321 g/mol. The average Bonchev–Trinajstić information content (AvgIpc) is 2.98. The Labute approximate surface area is 126 Å². The maximum atomic E-state index is 5.95. The number of rotatable bonds is 2. The number of aromatic nitrogens is 1. The van der Waals surface area contributed by atoms with Crippen LogP contribution in [-0.2, 0) is 0 Å². The summed E-state index contributed by atoms with van der Waals surface area (Å²) in [5, 5.41) is 6.82. The van der Waals surface area contributed by atoms with E-state index in [1.54, 1.807) is 22.7 Å². The van der Waals surface area contributed by atoms with Gasteiger partial charge >= 0.3 is 0 Å². The fraction of sp³-hybridized carbons (Fsp3) is 0.417. The lowest BCUT2D eigenvalue weighted by Crippen LogP contribution is -2.26. The van der Waals surface area contributed by atoms with Crippen LogP contribution in [0.4, 0.5) is 0 Å². The van der Waals surface area contributed by atoms with E-state index in [2.05, 4.69) is 10.7 Å². The molecule has 0 radical (unpaired) electrons. The Balaban J connectivity index is 0.00000120. The highest BCUT2D eigenvalue weighted by atomic mass is 35.5. The fourth-order valence-corrected chi connectivity index (χ4v) is 4.18. The molecule has 0 spiro atoms. The highest BCUT2D eigenvalue weighted by Crippen LogP contribution is 2.35. The molecule has 2 nitrogen and oxygen atoms in total. The van der Waals surface area contributed by atoms with Crippen molar-refractivity contribution in [3.8, 4) is 10.6 Å². The molecule has 0 unspecified atom stereocenters. The van der Waals surface area contributed by atoms with E-state index in [9.17, 15) is 0 Å². The maximum absolute atomic E-state index is 5.95. The van der Waals surface area contributed by atoms with Crippen molar-refractivity contribution in [3.05, 3.63) is 26.9 Å². The first-order chi connectivity index (χ1) is 8.33. The molecule has 18 heavy (non-hydrogen) atoms. The second-order valence-corrected chi connectivity index (χ2v) is 6.80. The smallest absolute Gasteiger partial charge is 0.0964 e. The molecule has 2 aromatic rings. The molecular formula is C12H14Cl2N2S2. The number of piperidine rings is 1. The molecule has 0 atom stereocenters. The highest BCUT2D eigenvalue weighted by molar-refractivity contribution is 7.19. The number of thiophene rings is 1. The van der Waals surface area contributed by atoms with Gasteiger partial charge in [0.2, 0.25) is 0 Å². The zero-order chi connectivity index (χ0) is 11.7. The summed E-state index contributed by atoms with van der Waals surface area (Å²) in [6.07, 6.45) is 2.41. The summed E-state index contributed by atoms with van der Waals surface area (Å²) in [5.74, 6) is 0.644. The number of halogens is 2. The second-order valence-electron chi connectivity index (χ2n) is 4.20. The Morgan fingerprint density at radius 2 is 2.06 bits per heavy atom. The molecule has 3 heterocycles. The molecule has 3 rings (SSSR count). The predicted molar refractivity (Wildman–Crippen MR) is 82.5 cm³/mol. The molecular weight excluding hydrogens is 307 g/mol. The molecule has 0 aliphatic carbocycles. The Kier molecular flexibility index (Phi) is 5.04. The summed E-state index contributed by atoms with van der Waals surface area (Å²) in [6, 6.07) is 3.99. The predicted octanol–water partition coefficient (Wildman–Crippen LogP) is 4.41. The van der Waals surface area contributed by atoms with Crippen LogP contribution in [0.15, 0.2) is 17.5 Å². The standard InChI is InChI=1S/C12H13ClN2S2.ClH/c13-11-2-1-10(17-11)9-7-16-12(15-9)8-3-5-14-6-4-8;/h1-2,7-8,14H,3-6H2;1H. The molecule has 1 fully saturated rings. The lowest BCUT2D eigenvalue weighted by atomic mass is 9.99. The molecule has 2 aromatic heterocycles. The summed E-state index contributed by atoms with van der Waals surface area (Å²) in [7, 11) is 0. The summed E-state index contributed by atoms with van der Waals surface area (Å²) < 4.78 is 0.830. The Bertz CT molecular complexity index is 504. The van der Waals surface area contributed by atoms with Gasteiger partial charge in [-0.05, 0) is 38.1 Å². The minimum absolute atomic E-state index is 0. The van der Waals surface area contributed by atoms with E-state index in [-0.39, 0.29) is 12.4 Å². The molecule has 98 valence electrons. The van der Waals surface area contributed by atoms with Gasteiger partial charge in [-0.15, -0.1) is 35.1 Å². The van der Waals surface area contributed by atoms with Gasteiger partial charge in [0.1, 0.15) is 0 Å². The van der Waals surface area contributed by atoms with Crippen LogP contribution in [0.1, 0.15) is 23.8 Å². The van der Waals surface area contributed by atoms with Crippen LogP contribution < -0.4 is 5.32 Å². The summed E-state index contributed by atoms with van der Waals surface area (Å²) in [5.41, 5.74) is 1.08. The van der Waals surface area contributed by atoms with Crippen molar-refractivity contribution < 1.29 is 0 Å². The third kappa shape index (κ3) is 3.06. The Hall–Kier alpha value is -0.130. The van der Waals surface area contributed by atoms with E-state index in [1.165, 1.54) is 22.7 Å². The first-order valence-electron chi connectivity index (χ1n) is 5.75. The number of thiazole rings is 1. The number of nitrogens with one attached hydrogen (secondary N) is 1. The largest absolute Gasteiger partial charge is 0.317 e. The van der Waals surface area contributed by atoms with Gasteiger partial charge in [0.05, 0.1) is 19.9 Å². The SMILES string of the molecule is Cl.Clc1ccc(-c2csc(C3CCNCC3)n2)s1. The quantitative estimate of drug-likeness (QED) is 0.886. The molecule has 1 saturated heterocycles. The minimum atomic E-state index is 0. The van der Waals surface area contributed by atoms with Crippen LogP contribution in [0, 0.1) is 0 Å². The molecule has 1 N–H and O–H groups in total. The molecule has 0 amide bonds. The van der Waals surface area contributed by atoms with Gasteiger partial charge < -0.3 is 5.32 Å². The fourth-order valence-electron chi connectivity index (χ4n) is 2.11. The monoisotopic (exact) mass is 320 g/mol. The van der Waals surface area contributed by atoms with Crippen molar-refractivity contribution in [2.45, 2.75) is 18.8 Å². The highest BCUT2D eigenvalue weighted by Gasteiger charge is 2.19. The molecule has 0 bridgehead atoms. The van der Waals surface area contributed by atoms with E-state index < -0.39 is 0 Å². The third-order valence-corrected chi connectivity index (χ3v) is 5.30. The lowest BCUT2D eigenvalue weighted by Gasteiger charge is -2.20. The second kappa shape index (κ2) is 6.35. The number of hydrogen-bond acceptors (Lipinski definition) is 4. The summed E-state index contributed by atoms with van der Waals surface area (Å²) >= 11 is 9.33. The molecule has 0 saturated carbocycles. The van der Waals surface area contributed by atoms with Gasteiger partial charge in [-0.25, -0.2) is 4.98 Å². The number of nitrogens with zero attached hydrogens (tertiary/aromatic N) is 1. The molecule has 1 aliphatic rings. The van der Waals surface area contributed by atoms with Crippen molar-refractivity contribution >= 4 is 46.7 Å². The number of hydrogen-bond donors (Lipinski definition) is 1. The molecule has 0 aromatic carbocycles. The molecule has 6 heteroatoms. The maximum Gasteiger partial charge on any atom is 0.0964 e. The lowest BCUT2D eigenvalue weighted by molar-refractivity contribution is 0.459. The van der Waals surface area contributed by atoms with Crippen LogP contribution in [0.5, 0.6) is 0 Å². The first-order valence-corrected chi connectivity index (χ1v) is 7.82. The van der Waals surface area contributed by atoms with Crippen LogP contribution in [0.25, 0.3) is 10.6 Å². The van der Waals surface area contributed by atoms with E-state index >= 15 is 0 Å². The van der Waals surface area contributed by atoms with Crippen LogP contribution in [-0.4, -0.2) is 18.1 Å². The van der Waals surface area contributed by atoms with E-state index in [4.69, 9.17) is 16.6 Å². The van der Waals surface area contributed by atoms with Crippen molar-refractivity contribution in [3.63, 3.8) is 0 Å². The summed E-state index contributed by atoms with van der Waals surface area (Å²) in [6.45, 7) is 2.23. The van der Waals surface area contributed by atoms with Gasteiger partial charge in [0.25, 0.3) is 0 Å².